The van der Waals surface area contributed by atoms with Crippen molar-refractivity contribution in [3.05, 3.63) is 59.4 Å². The predicted molar refractivity (Wildman–Crippen MR) is 80.7 cm³/mol. The molecule has 0 atom stereocenters. The minimum absolute atomic E-state index is 0.0304. The number of aromatic hydroxyl groups is 1. The van der Waals surface area contributed by atoms with Gasteiger partial charge in [-0.1, -0.05) is 6.07 Å². The molecule has 0 aliphatic rings. The van der Waals surface area contributed by atoms with Crippen molar-refractivity contribution >= 4 is 12.1 Å². The van der Waals surface area contributed by atoms with Gasteiger partial charge in [0.05, 0.1) is 12.8 Å². The highest BCUT2D eigenvalue weighted by molar-refractivity contribution is 5.94. The number of ether oxygens (including phenoxy) is 1. The van der Waals surface area contributed by atoms with Crippen LogP contribution in [0, 0.1) is 5.82 Å². The number of amides is 1. The first-order valence-corrected chi connectivity index (χ1v) is 6.65. The van der Waals surface area contributed by atoms with Gasteiger partial charge in [-0.05, 0) is 48.9 Å². The number of carbonyl (C=O) groups is 1. The van der Waals surface area contributed by atoms with E-state index in [4.69, 9.17) is 4.74 Å². The summed E-state index contributed by atoms with van der Waals surface area (Å²) in [6.45, 7) is 2.23. The molecule has 0 aromatic heterocycles. The molecule has 2 aromatic carbocycles. The standard InChI is InChI=1S/C16H15FN2O3/c1-2-22-15-8-11(6-7-14(15)20)10-18-19-16(21)12-4-3-5-13(17)9-12/h3-10,20H,2H2,1H3,(H,19,21)/b18-10+. The molecule has 2 N–H and O–H groups in total. The molecule has 6 heteroatoms. The van der Waals surface area contributed by atoms with Crippen LogP contribution in [0.2, 0.25) is 0 Å². The fraction of sp³-hybridized carbons (Fsp3) is 0.125. The molecule has 0 bridgehead atoms. The Bertz CT molecular complexity index is 702. The zero-order valence-electron chi connectivity index (χ0n) is 11.9. The van der Waals surface area contributed by atoms with Gasteiger partial charge in [-0.2, -0.15) is 5.10 Å². The van der Waals surface area contributed by atoms with Crippen molar-refractivity contribution in [2.24, 2.45) is 5.10 Å². The van der Waals surface area contributed by atoms with Crippen LogP contribution in [0.25, 0.3) is 0 Å². The van der Waals surface area contributed by atoms with Crippen LogP contribution in [-0.2, 0) is 0 Å². The van der Waals surface area contributed by atoms with E-state index in [-0.39, 0.29) is 11.3 Å². The molecule has 0 unspecified atom stereocenters. The van der Waals surface area contributed by atoms with Crippen molar-refractivity contribution in [2.45, 2.75) is 6.92 Å². The van der Waals surface area contributed by atoms with E-state index in [2.05, 4.69) is 10.5 Å². The predicted octanol–water partition coefficient (Wildman–Crippen LogP) is 2.69. The summed E-state index contributed by atoms with van der Waals surface area (Å²) >= 11 is 0. The van der Waals surface area contributed by atoms with Gasteiger partial charge in [0.1, 0.15) is 5.82 Å². The molecule has 0 aliphatic heterocycles. The van der Waals surface area contributed by atoms with Gasteiger partial charge in [-0.3, -0.25) is 4.79 Å². The fourth-order valence-electron chi connectivity index (χ4n) is 1.74. The van der Waals surface area contributed by atoms with Gasteiger partial charge in [0.2, 0.25) is 0 Å². The minimum Gasteiger partial charge on any atom is -0.504 e. The van der Waals surface area contributed by atoms with E-state index in [0.717, 1.165) is 6.07 Å². The first-order valence-electron chi connectivity index (χ1n) is 6.65. The van der Waals surface area contributed by atoms with Gasteiger partial charge in [-0.25, -0.2) is 9.82 Å². The quantitative estimate of drug-likeness (QED) is 0.659. The summed E-state index contributed by atoms with van der Waals surface area (Å²) in [7, 11) is 0. The Morgan fingerprint density at radius 1 is 1.36 bits per heavy atom. The Hall–Kier alpha value is -2.89. The van der Waals surface area contributed by atoms with E-state index in [1.54, 1.807) is 19.1 Å². The van der Waals surface area contributed by atoms with Gasteiger partial charge < -0.3 is 9.84 Å². The fourth-order valence-corrected chi connectivity index (χ4v) is 1.74. The molecular weight excluding hydrogens is 287 g/mol. The summed E-state index contributed by atoms with van der Waals surface area (Å²) in [6.07, 6.45) is 1.40. The van der Waals surface area contributed by atoms with Gasteiger partial charge in [0.25, 0.3) is 5.91 Å². The van der Waals surface area contributed by atoms with Crippen LogP contribution in [0.1, 0.15) is 22.8 Å². The summed E-state index contributed by atoms with van der Waals surface area (Å²) in [5.74, 6) is -0.637. The second-order valence-electron chi connectivity index (χ2n) is 4.37. The van der Waals surface area contributed by atoms with E-state index < -0.39 is 11.7 Å². The molecule has 0 aliphatic carbocycles. The van der Waals surface area contributed by atoms with Gasteiger partial charge in [-0.15, -0.1) is 0 Å². The van der Waals surface area contributed by atoms with Crippen LogP contribution >= 0.6 is 0 Å². The second kappa shape index (κ2) is 7.21. The number of halogens is 1. The van der Waals surface area contributed by atoms with Gasteiger partial charge in [0, 0.05) is 5.56 Å². The van der Waals surface area contributed by atoms with Gasteiger partial charge >= 0.3 is 0 Å². The maximum atomic E-state index is 13.0. The largest absolute Gasteiger partial charge is 0.504 e. The lowest BCUT2D eigenvalue weighted by molar-refractivity contribution is 0.0954. The number of nitrogens with zero attached hydrogens (tertiary/aromatic N) is 1. The van der Waals surface area contributed by atoms with E-state index in [1.165, 1.54) is 30.5 Å². The molecule has 2 rings (SSSR count). The summed E-state index contributed by atoms with van der Waals surface area (Å²) in [6, 6.07) is 10.0. The molecule has 0 fully saturated rings. The average molecular weight is 302 g/mol. The van der Waals surface area contributed by atoms with E-state index >= 15 is 0 Å². The van der Waals surface area contributed by atoms with Crippen molar-refractivity contribution in [3.8, 4) is 11.5 Å². The van der Waals surface area contributed by atoms with Crippen LogP contribution in [0.5, 0.6) is 11.5 Å². The SMILES string of the molecule is CCOc1cc(/C=N/NC(=O)c2cccc(F)c2)ccc1O. The van der Waals surface area contributed by atoms with Crippen molar-refractivity contribution in [1.82, 2.24) is 5.43 Å². The van der Waals surface area contributed by atoms with Crippen molar-refractivity contribution < 1.29 is 19.0 Å². The Kier molecular flexibility index (Phi) is 5.08. The summed E-state index contributed by atoms with van der Waals surface area (Å²) in [5.41, 5.74) is 3.12. The van der Waals surface area contributed by atoms with Crippen LogP contribution in [-0.4, -0.2) is 23.8 Å². The number of nitrogens with one attached hydrogen (secondary N) is 1. The van der Waals surface area contributed by atoms with Crippen LogP contribution in [0.4, 0.5) is 4.39 Å². The van der Waals surface area contributed by atoms with E-state index in [0.29, 0.717) is 17.9 Å². The number of carbonyl (C=O) groups excluding carboxylic acids is 1. The Morgan fingerprint density at radius 3 is 2.91 bits per heavy atom. The molecule has 22 heavy (non-hydrogen) atoms. The highest BCUT2D eigenvalue weighted by Gasteiger charge is 2.05. The lowest BCUT2D eigenvalue weighted by atomic mass is 10.2. The number of benzene rings is 2. The maximum absolute atomic E-state index is 13.0. The lowest BCUT2D eigenvalue weighted by Gasteiger charge is -2.06. The zero-order chi connectivity index (χ0) is 15.9. The zero-order valence-corrected chi connectivity index (χ0v) is 11.9. The van der Waals surface area contributed by atoms with E-state index in [1.807, 2.05) is 0 Å². The Labute approximate surface area is 127 Å². The number of rotatable bonds is 5. The molecule has 0 radical (unpaired) electrons. The molecule has 0 heterocycles. The molecule has 5 nitrogen and oxygen atoms in total. The van der Waals surface area contributed by atoms with Crippen LogP contribution in [0.15, 0.2) is 47.6 Å². The van der Waals surface area contributed by atoms with Crippen molar-refractivity contribution in [3.63, 3.8) is 0 Å². The number of hydrazone groups is 1. The highest BCUT2D eigenvalue weighted by Crippen LogP contribution is 2.26. The molecule has 114 valence electrons. The summed E-state index contributed by atoms with van der Waals surface area (Å²) in [4.78, 5) is 11.8. The Morgan fingerprint density at radius 2 is 2.18 bits per heavy atom. The average Bonchev–Trinajstić information content (AvgIpc) is 2.50. The van der Waals surface area contributed by atoms with Crippen molar-refractivity contribution in [1.29, 1.82) is 0 Å². The second-order valence-corrected chi connectivity index (χ2v) is 4.37. The smallest absolute Gasteiger partial charge is 0.271 e. The highest BCUT2D eigenvalue weighted by atomic mass is 19.1. The van der Waals surface area contributed by atoms with Crippen molar-refractivity contribution in [2.75, 3.05) is 6.61 Å². The number of hydrogen-bond donors (Lipinski definition) is 2. The third kappa shape index (κ3) is 4.05. The molecule has 1 amide bonds. The number of hydrogen-bond acceptors (Lipinski definition) is 4. The Balaban J connectivity index is 2.03. The number of phenols is 1. The third-order valence-electron chi connectivity index (χ3n) is 2.75. The topological polar surface area (TPSA) is 70.9 Å². The summed E-state index contributed by atoms with van der Waals surface area (Å²) < 4.78 is 18.3. The summed E-state index contributed by atoms with van der Waals surface area (Å²) in [5, 5.41) is 13.4. The molecular formula is C16H15FN2O3. The molecule has 2 aromatic rings. The first kappa shape index (κ1) is 15.5. The molecule has 0 saturated heterocycles. The monoisotopic (exact) mass is 302 g/mol. The van der Waals surface area contributed by atoms with Crippen LogP contribution in [0.3, 0.4) is 0 Å². The van der Waals surface area contributed by atoms with Crippen LogP contribution < -0.4 is 10.2 Å². The number of phenolic OH excluding ortho intramolecular Hbond substituents is 1. The molecule has 0 spiro atoms. The lowest BCUT2D eigenvalue weighted by Crippen LogP contribution is -2.17. The normalized spacial score (nSPS) is 10.6. The molecule has 0 saturated carbocycles. The minimum atomic E-state index is -0.514. The maximum Gasteiger partial charge on any atom is 0.271 e. The first-order chi connectivity index (χ1) is 10.6. The van der Waals surface area contributed by atoms with Gasteiger partial charge in [0.15, 0.2) is 11.5 Å². The third-order valence-corrected chi connectivity index (χ3v) is 2.75. The van der Waals surface area contributed by atoms with E-state index in [9.17, 15) is 14.3 Å².